The molecule has 0 radical (unpaired) electrons. The first-order valence-corrected chi connectivity index (χ1v) is 8.83. The van der Waals surface area contributed by atoms with E-state index in [2.05, 4.69) is 15.3 Å². The summed E-state index contributed by atoms with van der Waals surface area (Å²) >= 11 is 1.16. The SMILES string of the molecule is CCn1cc(CS(=O)(=O)c2nc(C(C)(C)C)cs2)nn1. The predicted molar refractivity (Wildman–Crippen MR) is 77.4 cm³/mol. The zero-order valence-electron chi connectivity index (χ0n) is 12.0. The summed E-state index contributed by atoms with van der Waals surface area (Å²) in [7, 11) is -3.46. The molecule has 110 valence electrons. The predicted octanol–water partition coefficient (Wildman–Crippen LogP) is 2.03. The highest BCUT2D eigenvalue weighted by atomic mass is 32.2. The van der Waals surface area contributed by atoms with Gasteiger partial charge in [-0.05, 0) is 6.92 Å². The van der Waals surface area contributed by atoms with Crippen LogP contribution in [-0.4, -0.2) is 28.4 Å². The van der Waals surface area contributed by atoms with Gasteiger partial charge in [-0.2, -0.15) is 0 Å². The van der Waals surface area contributed by atoms with Crippen LogP contribution in [-0.2, 0) is 27.5 Å². The molecule has 0 aliphatic rings. The van der Waals surface area contributed by atoms with E-state index >= 15 is 0 Å². The molecular weight excluding hydrogens is 296 g/mol. The summed E-state index contributed by atoms with van der Waals surface area (Å²) in [5.41, 5.74) is 1.08. The van der Waals surface area contributed by atoms with Gasteiger partial charge in [0.25, 0.3) is 0 Å². The van der Waals surface area contributed by atoms with Gasteiger partial charge in [0, 0.05) is 23.5 Å². The lowest BCUT2D eigenvalue weighted by Gasteiger charge is -2.14. The zero-order valence-corrected chi connectivity index (χ0v) is 13.6. The van der Waals surface area contributed by atoms with E-state index in [1.807, 2.05) is 27.7 Å². The maximum atomic E-state index is 12.3. The van der Waals surface area contributed by atoms with E-state index in [1.54, 1.807) is 16.3 Å². The van der Waals surface area contributed by atoms with Crippen molar-refractivity contribution in [1.82, 2.24) is 20.0 Å². The van der Waals surface area contributed by atoms with Crippen LogP contribution >= 0.6 is 11.3 Å². The molecule has 0 bridgehead atoms. The lowest BCUT2D eigenvalue weighted by atomic mass is 9.93. The van der Waals surface area contributed by atoms with Gasteiger partial charge in [0.1, 0.15) is 5.75 Å². The van der Waals surface area contributed by atoms with Crippen LogP contribution in [0.15, 0.2) is 15.9 Å². The van der Waals surface area contributed by atoms with Crippen LogP contribution in [0.2, 0.25) is 0 Å². The second-order valence-corrected chi connectivity index (χ2v) is 8.59. The van der Waals surface area contributed by atoms with E-state index in [4.69, 9.17) is 0 Å². The van der Waals surface area contributed by atoms with Crippen molar-refractivity contribution in [3.8, 4) is 0 Å². The van der Waals surface area contributed by atoms with Crippen LogP contribution < -0.4 is 0 Å². The van der Waals surface area contributed by atoms with Crippen LogP contribution in [0.3, 0.4) is 0 Å². The number of nitrogens with zero attached hydrogens (tertiary/aromatic N) is 4. The standard InChI is InChI=1S/C12H18N4O2S2/c1-5-16-6-9(14-15-16)8-20(17,18)11-13-10(7-19-11)12(2,3)4/h6-7H,5,8H2,1-4H3. The molecule has 0 saturated heterocycles. The summed E-state index contributed by atoms with van der Waals surface area (Å²) in [6.07, 6.45) is 1.65. The van der Waals surface area contributed by atoms with E-state index < -0.39 is 9.84 Å². The number of aryl methyl sites for hydroxylation is 1. The molecule has 0 amide bonds. The number of rotatable bonds is 4. The lowest BCUT2D eigenvalue weighted by Crippen LogP contribution is -2.12. The molecule has 2 heterocycles. The van der Waals surface area contributed by atoms with E-state index in [9.17, 15) is 8.42 Å². The molecule has 0 unspecified atom stereocenters. The normalized spacial score (nSPS) is 12.8. The summed E-state index contributed by atoms with van der Waals surface area (Å²) in [6, 6.07) is 0. The number of hydrogen-bond donors (Lipinski definition) is 0. The minimum atomic E-state index is -3.46. The molecule has 0 aromatic carbocycles. The van der Waals surface area contributed by atoms with Gasteiger partial charge in [0.15, 0.2) is 0 Å². The van der Waals surface area contributed by atoms with E-state index in [-0.39, 0.29) is 15.5 Å². The Kier molecular flexibility index (Phi) is 3.97. The van der Waals surface area contributed by atoms with Crippen molar-refractivity contribution < 1.29 is 8.42 Å². The first-order chi connectivity index (χ1) is 9.22. The van der Waals surface area contributed by atoms with Crippen molar-refractivity contribution in [1.29, 1.82) is 0 Å². The minimum absolute atomic E-state index is 0.147. The maximum absolute atomic E-state index is 12.3. The number of hydrogen-bond acceptors (Lipinski definition) is 6. The molecule has 8 heteroatoms. The third-order valence-corrected chi connectivity index (χ3v) is 5.75. The van der Waals surface area contributed by atoms with Crippen LogP contribution in [0.1, 0.15) is 39.1 Å². The molecule has 0 atom stereocenters. The van der Waals surface area contributed by atoms with Crippen LogP contribution in [0.5, 0.6) is 0 Å². The van der Waals surface area contributed by atoms with Gasteiger partial charge < -0.3 is 0 Å². The summed E-state index contributed by atoms with van der Waals surface area (Å²) in [5, 5.41) is 9.51. The Hall–Kier alpha value is -1.28. The molecule has 0 spiro atoms. The Morgan fingerprint density at radius 2 is 2.05 bits per heavy atom. The third-order valence-electron chi connectivity index (χ3n) is 2.77. The molecule has 0 aliphatic heterocycles. The van der Waals surface area contributed by atoms with Crippen molar-refractivity contribution in [2.75, 3.05) is 0 Å². The fourth-order valence-electron chi connectivity index (χ4n) is 1.56. The first-order valence-electron chi connectivity index (χ1n) is 6.30. The number of sulfone groups is 1. The quantitative estimate of drug-likeness (QED) is 0.863. The molecule has 0 fully saturated rings. The lowest BCUT2D eigenvalue weighted by molar-refractivity contribution is 0.564. The molecule has 0 N–H and O–H groups in total. The second kappa shape index (κ2) is 5.25. The van der Waals surface area contributed by atoms with Gasteiger partial charge in [-0.25, -0.2) is 13.4 Å². The molecule has 20 heavy (non-hydrogen) atoms. The second-order valence-electron chi connectivity index (χ2n) is 5.57. The molecule has 2 aromatic rings. The molecular formula is C12H18N4O2S2. The van der Waals surface area contributed by atoms with Crippen LogP contribution in [0.25, 0.3) is 0 Å². The average Bonchev–Trinajstić information content (AvgIpc) is 2.95. The smallest absolute Gasteiger partial charge is 0.211 e. The highest BCUT2D eigenvalue weighted by molar-refractivity contribution is 7.92. The Balaban J connectivity index is 2.24. The Morgan fingerprint density at radius 1 is 1.35 bits per heavy atom. The van der Waals surface area contributed by atoms with E-state index in [1.165, 1.54) is 0 Å². The van der Waals surface area contributed by atoms with Crippen molar-refractivity contribution in [2.45, 2.75) is 49.7 Å². The van der Waals surface area contributed by atoms with Crippen LogP contribution in [0.4, 0.5) is 0 Å². The monoisotopic (exact) mass is 314 g/mol. The van der Waals surface area contributed by atoms with Gasteiger partial charge in [0.05, 0.1) is 11.4 Å². The zero-order chi connectivity index (χ0) is 15.0. The summed E-state index contributed by atoms with van der Waals surface area (Å²) in [4.78, 5) is 4.25. The topological polar surface area (TPSA) is 77.7 Å². The number of aromatic nitrogens is 4. The van der Waals surface area contributed by atoms with Gasteiger partial charge in [-0.1, -0.05) is 26.0 Å². The molecule has 0 saturated carbocycles. The minimum Gasteiger partial charge on any atom is -0.253 e. The van der Waals surface area contributed by atoms with Crippen molar-refractivity contribution in [2.24, 2.45) is 0 Å². The number of thiazole rings is 1. The van der Waals surface area contributed by atoms with Gasteiger partial charge in [0.2, 0.25) is 14.2 Å². The maximum Gasteiger partial charge on any atom is 0.211 e. The highest BCUT2D eigenvalue weighted by Gasteiger charge is 2.25. The Morgan fingerprint density at radius 3 is 2.55 bits per heavy atom. The molecule has 0 aliphatic carbocycles. The van der Waals surface area contributed by atoms with Gasteiger partial charge in [-0.15, -0.1) is 16.4 Å². The Labute approximate surface area is 122 Å². The van der Waals surface area contributed by atoms with Crippen molar-refractivity contribution in [3.63, 3.8) is 0 Å². The molecule has 2 rings (SSSR count). The highest BCUT2D eigenvalue weighted by Crippen LogP contribution is 2.27. The van der Waals surface area contributed by atoms with Crippen LogP contribution in [0, 0.1) is 0 Å². The fourth-order valence-corrected chi connectivity index (χ4v) is 4.12. The van der Waals surface area contributed by atoms with Gasteiger partial charge >= 0.3 is 0 Å². The summed E-state index contributed by atoms with van der Waals surface area (Å²) < 4.78 is 26.4. The third kappa shape index (κ3) is 3.24. The first kappa shape index (κ1) is 15.1. The molecule has 2 aromatic heterocycles. The Bertz CT molecular complexity index is 695. The van der Waals surface area contributed by atoms with Gasteiger partial charge in [-0.3, -0.25) is 4.68 Å². The van der Waals surface area contributed by atoms with Crippen molar-refractivity contribution >= 4 is 21.2 Å². The van der Waals surface area contributed by atoms with Crippen molar-refractivity contribution in [3.05, 3.63) is 23.0 Å². The summed E-state index contributed by atoms with van der Waals surface area (Å²) in [5.74, 6) is -0.163. The largest absolute Gasteiger partial charge is 0.253 e. The average molecular weight is 314 g/mol. The fraction of sp³-hybridized carbons (Fsp3) is 0.583. The summed E-state index contributed by atoms with van der Waals surface area (Å²) in [6.45, 7) is 8.60. The van der Waals surface area contributed by atoms with E-state index in [0.717, 1.165) is 17.0 Å². The molecule has 6 nitrogen and oxygen atoms in total. The van der Waals surface area contributed by atoms with E-state index in [0.29, 0.717) is 12.2 Å².